The Balaban J connectivity index is 1.59. The summed E-state index contributed by atoms with van der Waals surface area (Å²) in [5, 5.41) is 18.0. The minimum atomic E-state index is -1.55. The van der Waals surface area contributed by atoms with E-state index in [4.69, 9.17) is 14.8 Å². The third-order valence-corrected chi connectivity index (χ3v) is 3.99. The average molecular weight is 277 g/mol. The number of ether oxygens (including phenoxy) is 1. The molecule has 3 rings (SSSR count). The predicted octanol–water partition coefficient (Wildman–Crippen LogP) is -1.60. The highest BCUT2D eigenvalue weighted by molar-refractivity contribution is 6.58. The molecule has 1 aromatic heterocycles. The van der Waals surface area contributed by atoms with E-state index in [1.165, 1.54) is 12.4 Å². The highest BCUT2D eigenvalue weighted by Gasteiger charge is 2.60. The molecule has 2 aliphatic rings. The Morgan fingerprint density at radius 2 is 2.00 bits per heavy atom. The Bertz CT molecular complexity index is 498. The molecular formula is C12H16BN3O4. The van der Waals surface area contributed by atoms with Gasteiger partial charge in [0.05, 0.1) is 12.5 Å². The van der Waals surface area contributed by atoms with Crippen molar-refractivity contribution in [3.8, 4) is 0 Å². The number of hydrogen-bond acceptors (Lipinski definition) is 7. The standard InChI is InChI=1S/C12H16BN3O4/c1-2-20-11(17)10-8-5-16(6-9(8)10)12-14-3-7(4-15-12)13(18)19/h3-4,8-10,18-19H,2,5-6H2,1H3/t8-,9+,10?. The molecule has 0 amide bonds. The van der Waals surface area contributed by atoms with Crippen LogP contribution in [0.5, 0.6) is 0 Å². The van der Waals surface area contributed by atoms with Gasteiger partial charge in [0, 0.05) is 30.9 Å². The largest absolute Gasteiger partial charge is 0.491 e. The third-order valence-electron chi connectivity index (χ3n) is 3.99. The van der Waals surface area contributed by atoms with E-state index in [1.807, 2.05) is 11.8 Å². The molecule has 1 unspecified atom stereocenters. The Morgan fingerprint density at radius 1 is 1.40 bits per heavy atom. The van der Waals surface area contributed by atoms with E-state index in [2.05, 4.69) is 9.97 Å². The first-order chi connectivity index (χ1) is 9.61. The van der Waals surface area contributed by atoms with E-state index in [0.717, 1.165) is 13.1 Å². The summed E-state index contributed by atoms with van der Waals surface area (Å²) in [5.74, 6) is 1.16. The number of fused-ring (bicyclic) bond motifs is 1. The maximum atomic E-state index is 11.7. The van der Waals surface area contributed by atoms with Gasteiger partial charge in [-0.05, 0) is 18.8 Å². The van der Waals surface area contributed by atoms with Crippen LogP contribution >= 0.6 is 0 Å². The molecule has 0 aromatic carbocycles. The van der Waals surface area contributed by atoms with Crippen molar-refractivity contribution in [2.24, 2.45) is 17.8 Å². The number of esters is 1. The molecule has 1 saturated carbocycles. The number of aromatic nitrogens is 2. The highest BCUT2D eigenvalue weighted by Crippen LogP contribution is 2.52. The molecule has 2 fully saturated rings. The summed E-state index contributed by atoms with van der Waals surface area (Å²) in [6, 6.07) is 0. The van der Waals surface area contributed by atoms with Crippen LogP contribution in [-0.2, 0) is 9.53 Å². The summed E-state index contributed by atoms with van der Waals surface area (Å²) in [5.41, 5.74) is 0.266. The number of anilines is 1. The Morgan fingerprint density at radius 3 is 2.50 bits per heavy atom. The second kappa shape index (κ2) is 5.03. The summed E-state index contributed by atoms with van der Waals surface area (Å²) >= 11 is 0. The predicted molar refractivity (Wildman–Crippen MR) is 71.2 cm³/mol. The van der Waals surface area contributed by atoms with Crippen molar-refractivity contribution in [3.05, 3.63) is 12.4 Å². The van der Waals surface area contributed by atoms with Crippen LogP contribution < -0.4 is 10.4 Å². The maximum Gasteiger partial charge on any atom is 0.491 e. The first-order valence-corrected chi connectivity index (χ1v) is 6.71. The fraction of sp³-hybridized carbons (Fsp3) is 0.583. The molecular weight excluding hydrogens is 261 g/mol. The molecule has 3 atom stereocenters. The molecule has 2 heterocycles. The van der Waals surface area contributed by atoms with E-state index < -0.39 is 7.12 Å². The molecule has 106 valence electrons. The maximum absolute atomic E-state index is 11.7. The summed E-state index contributed by atoms with van der Waals surface area (Å²) in [7, 11) is -1.55. The van der Waals surface area contributed by atoms with Crippen molar-refractivity contribution < 1.29 is 19.6 Å². The number of hydrogen-bond donors (Lipinski definition) is 2. The average Bonchev–Trinajstić information content (AvgIpc) is 2.94. The minimum absolute atomic E-state index is 0.0322. The molecule has 2 N–H and O–H groups in total. The smallest absolute Gasteiger partial charge is 0.466 e. The van der Waals surface area contributed by atoms with Gasteiger partial charge in [0.2, 0.25) is 5.95 Å². The quantitative estimate of drug-likeness (QED) is 0.505. The Hall–Kier alpha value is -1.67. The van der Waals surface area contributed by atoms with Gasteiger partial charge in [-0.25, -0.2) is 9.97 Å². The molecule has 1 aromatic rings. The van der Waals surface area contributed by atoms with Gasteiger partial charge in [0.15, 0.2) is 0 Å². The van der Waals surface area contributed by atoms with E-state index in [0.29, 0.717) is 24.4 Å². The van der Waals surface area contributed by atoms with Crippen LogP contribution in [0.1, 0.15) is 6.92 Å². The molecule has 20 heavy (non-hydrogen) atoms. The summed E-state index contributed by atoms with van der Waals surface area (Å²) in [6.45, 7) is 3.73. The molecule has 1 aliphatic heterocycles. The van der Waals surface area contributed by atoms with Crippen LogP contribution in [0.2, 0.25) is 0 Å². The van der Waals surface area contributed by atoms with Gasteiger partial charge >= 0.3 is 13.1 Å². The fourth-order valence-corrected chi connectivity index (χ4v) is 2.91. The topological polar surface area (TPSA) is 95.8 Å². The zero-order chi connectivity index (χ0) is 14.3. The van der Waals surface area contributed by atoms with E-state index in [9.17, 15) is 4.79 Å². The molecule has 0 radical (unpaired) electrons. The first-order valence-electron chi connectivity index (χ1n) is 6.71. The lowest BCUT2D eigenvalue weighted by molar-refractivity contribution is -0.145. The molecule has 1 saturated heterocycles. The molecule has 1 aliphatic carbocycles. The molecule has 8 heteroatoms. The van der Waals surface area contributed by atoms with Crippen molar-refractivity contribution in [3.63, 3.8) is 0 Å². The Labute approximate surface area is 116 Å². The van der Waals surface area contributed by atoms with Crippen molar-refractivity contribution in [2.45, 2.75) is 6.92 Å². The lowest BCUT2D eigenvalue weighted by Crippen LogP contribution is -2.33. The van der Waals surface area contributed by atoms with Gasteiger partial charge in [-0.3, -0.25) is 4.79 Å². The van der Waals surface area contributed by atoms with Gasteiger partial charge in [-0.15, -0.1) is 0 Å². The van der Waals surface area contributed by atoms with Gasteiger partial charge in [0.25, 0.3) is 0 Å². The summed E-state index contributed by atoms with van der Waals surface area (Å²) in [4.78, 5) is 21.9. The number of piperidine rings is 1. The molecule has 0 spiro atoms. The van der Waals surface area contributed by atoms with E-state index >= 15 is 0 Å². The van der Waals surface area contributed by atoms with Gasteiger partial charge in [-0.2, -0.15) is 0 Å². The SMILES string of the molecule is CCOC(=O)C1[C@H]2CN(c3ncc(B(O)O)cn3)C[C@@H]12. The van der Waals surface area contributed by atoms with Crippen LogP contribution in [-0.4, -0.2) is 52.8 Å². The highest BCUT2D eigenvalue weighted by atomic mass is 16.5. The van der Waals surface area contributed by atoms with Gasteiger partial charge in [-0.1, -0.05) is 0 Å². The third kappa shape index (κ3) is 2.25. The van der Waals surface area contributed by atoms with Crippen molar-refractivity contribution >= 4 is 24.5 Å². The van der Waals surface area contributed by atoms with Crippen molar-refractivity contribution in [1.82, 2.24) is 9.97 Å². The van der Waals surface area contributed by atoms with Crippen LogP contribution in [0, 0.1) is 17.8 Å². The zero-order valence-electron chi connectivity index (χ0n) is 11.1. The molecule has 0 bridgehead atoms. The second-order valence-corrected chi connectivity index (χ2v) is 5.20. The van der Waals surface area contributed by atoms with E-state index in [-0.39, 0.29) is 17.4 Å². The zero-order valence-corrected chi connectivity index (χ0v) is 11.1. The van der Waals surface area contributed by atoms with Crippen molar-refractivity contribution in [1.29, 1.82) is 0 Å². The number of rotatable bonds is 4. The number of nitrogens with zero attached hydrogens (tertiary/aromatic N) is 3. The second-order valence-electron chi connectivity index (χ2n) is 5.20. The van der Waals surface area contributed by atoms with E-state index in [1.54, 1.807) is 0 Å². The van der Waals surface area contributed by atoms with Crippen LogP contribution in [0.3, 0.4) is 0 Å². The number of carbonyl (C=O) groups excluding carboxylic acids is 1. The summed E-state index contributed by atoms with van der Waals surface area (Å²) < 4.78 is 5.04. The summed E-state index contributed by atoms with van der Waals surface area (Å²) in [6.07, 6.45) is 2.81. The lowest BCUT2D eigenvalue weighted by atomic mass is 9.83. The van der Waals surface area contributed by atoms with Gasteiger partial charge < -0.3 is 19.7 Å². The fourth-order valence-electron chi connectivity index (χ4n) is 2.91. The normalized spacial score (nSPS) is 27.1. The molecule has 7 nitrogen and oxygen atoms in total. The monoisotopic (exact) mass is 277 g/mol. The lowest BCUT2D eigenvalue weighted by Gasteiger charge is -2.19. The van der Waals surface area contributed by atoms with Gasteiger partial charge in [0.1, 0.15) is 0 Å². The first kappa shape index (κ1) is 13.3. The van der Waals surface area contributed by atoms with Crippen LogP contribution in [0.25, 0.3) is 0 Å². The van der Waals surface area contributed by atoms with Crippen LogP contribution in [0.15, 0.2) is 12.4 Å². The van der Waals surface area contributed by atoms with Crippen molar-refractivity contribution in [2.75, 3.05) is 24.6 Å². The van der Waals surface area contributed by atoms with Crippen LogP contribution in [0.4, 0.5) is 5.95 Å². The minimum Gasteiger partial charge on any atom is -0.466 e. The number of carbonyl (C=O) groups is 1. The Kier molecular flexibility index (Phi) is 3.35.